The topological polar surface area (TPSA) is 73.2 Å². The van der Waals surface area contributed by atoms with Gasteiger partial charge in [-0.3, -0.25) is 4.98 Å². The first kappa shape index (κ1) is 17.9. The highest BCUT2D eigenvalue weighted by Crippen LogP contribution is 2.29. The van der Waals surface area contributed by atoms with Gasteiger partial charge in [-0.15, -0.1) is 11.3 Å². The summed E-state index contributed by atoms with van der Waals surface area (Å²) in [5, 5.41) is 4.59. The first-order chi connectivity index (χ1) is 12.3. The molecule has 0 aliphatic rings. The van der Waals surface area contributed by atoms with E-state index in [0.717, 1.165) is 33.4 Å². The van der Waals surface area contributed by atoms with Crippen molar-refractivity contribution in [2.45, 2.75) is 20.0 Å². The molecule has 0 saturated carbocycles. The largest absolute Gasteiger partial charge is 0.433 e. The summed E-state index contributed by atoms with van der Waals surface area (Å²) < 4.78 is 38.0. The number of thiazole rings is 1. The number of oxime groups is 1. The zero-order valence-corrected chi connectivity index (χ0v) is 14.5. The molecule has 0 atom stereocenters. The van der Waals surface area contributed by atoms with E-state index in [0.29, 0.717) is 5.71 Å². The van der Waals surface area contributed by atoms with Gasteiger partial charge in [0, 0.05) is 24.2 Å². The molecule has 0 unspecified atom stereocenters. The number of rotatable bonds is 4. The molecule has 6 nitrogen and oxygen atoms in total. The van der Waals surface area contributed by atoms with Crippen LogP contribution in [0.2, 0.25) is 0 Å². The van der Waals surface area contributed by atoms with Gasteiger partial charge in [-0.2, -0.15) is 18.2 Å². The molecule has 134 valence electrons. The van der Waals surface area contributed by atoms with E-state index in [1.54, 1.807) is 25.4 Å². The number of pyridine rings is 1. The molecule has 0 aromatic carbocycles. The number of nitrogens with zero attached hydrogens (tertiary/aromatic N) is 5. The Balaban J connectivity index is 1.82. The third kappa shape index (κ3) is 4.02. The quantitative estimate of drug-likeness (QED) is 0.503. The first-order valence-corrected chi connectivity index (χ1v) is 8.16. The maximum Gasteiger partial charge on any atom is 0.433 e. The highest BCUT2D eigenvalue weighted by Gasteiger charge is 2.33. The van der Waals surface area contributed by atoms with Gasteiger partial charge in [0.25, 0.3) is 0 Å². The van der Waals surface area contributed by atoms with Gasteiger partial charge >= 0.3 is 12.2 Å². The van der Waals surface area contributed by atoms with Crippen LogP contribution < -0.4 is 4.84 Å². The second-order valence-corrected chi connectivity index (χ2v) is 6.16. The minimum absolute atomic E-state index is 0.455. The molecule has 3 aromatic rings. The van der Waals surface area contributed by atoms with Crippen molar-refractivity contribution in [2.24, 2.45) is 5.16 Å². The Hall–Kier alpha value is -2.88. The van der Waals surface area contributed by atoms with Crippen molar-refractivity contribution in [2.75, 3.05) is 0 Å². The lowest BCUT2D eigenvalue weighted by Gasteiger charge is -2.05. The van der Waals surface area contributed by atoms with Crippen LogP contribution in [0.4, 0.5) is 13.2 Å². The monoisotopic (exact) mass is 379 g/mol. The van der Waals surface area contributed by atoms with Crippen molar-refractivity contribution >= 4 is 17.0 Å². The fourth-order valence-corrected chi connectivity index (χ4v) is 3.03. The summed E-state index contributed by atoms with van der Waals surface area (Å²) in [6.45, 7) is 3.48. The maximum atomic E-state index is 12.7. The van der Waals surface area contributed by atoms with Gasteiger partial charge in [0.05, 0.1) is 16.3 Å². The van der Waals surface area contributed by atoms with E-state index in [9.17, 15) is 13.2 Å². The van der Waals surface area contributed by atoms with Crippen LogP contribution in [0, 0.1) is 6.92 Å². The molecule has 0 aliphatic heterocycles. The maximum absolute atomic E-state index is 12.7. The Morgan fingerprint density at radius 1 is 1.19 bits per heavy atom. The van der Waals surface area contributed by atoms with E-state index in [-0.39, 0.29) is 0 Å². The minimum atomic E-state index is -4.58. The van der Waals surface area contributed by atoms with Gasteiger partial charge in [-0.1, -0.05) is 5.16 Å². The standard InChI is InChI=1S/C16H12F3N5OS/c1-9-13(26-14(22-9)11-4-3-6-20-8-11)10(2)24-25-15-21-7-5-12(23-15)16(17,18)19/h3-8H,1-2H3/b24-10+. The van der Waals surface area contributed by atoms with Crippen molar-refractivity contribution in [3.05, 3.63) is 53.1 Å². The molecule has 3 heterocycles. The van der Waals surface area contributed by atoms with Crippen LogP contribution in [0.1, 0.15) is 23.2 Å². The molecule has 0 radical (unpaired) electrons. The molecule has 0 bridgehead atoms. The van der Waals surface area contributed by atoms with Crippen molar-refractivity contribution in [1.82, 2.24) is 19.9 Å². The Labute approximate surface area is 150 Å². The number of hydrogen-bond donors (Lipinski definition) is 0. The average molecular weight is 379 g/mol. The summed E-state index contributed by atoms with van der Waals surface area (Å²) in [5.74, 6) is 0. The number of hydrogen-bond acceptors (Lipinski definition) is 7. The van der Waals surface area contributed by atoms with Crippen LogP contribution in [0.3, 0.4) is 0 Å². The first-order valence-electron chi connectivity index (χ1n) is 7.34. The van der Waals surface area contributed by atoms with Crippen molar-refractivity contribution in [1.29, 1.82) is 0 Å². The molecule has 0 spiro atoms. The zero-order valence-electron chi connectivity index (χ0n) is 13.7. The molecule has 3 aromatic heterocycles. The number of alkyl halides is 3. The summed E-state index contributed by atoms with van der Waals surface area (Å²) in [4.78, 5) is 21.2. The summed E-state index contributed by atoms with van der Waals surface area (Å²) in [5.41, 5.74) is 0.949. The van der Waals surface area contributed by atoms with Crippen molar-refractivity contribution in [3.63, 3.8) is 0 Å². The fourth-order valence-electron chi connectivity index (χ4n) is 2.04. The lowest BCUT2D eigenvalue weighted by atomic mass is 10.3. The van der Waals surface area contributed by atoms with E-state index < -0.39 is 17.9 Å². The van der Waals surface area contributed by atoms with Crippen LogP contribution >= 0.6 is 11.3 Å². The molecular formula is C16H12F3N5OS. The number of halogens is 3. The van der Waals surface area contributed by atoms with Crippen molar-refractivity contribution < 1.29 is 18.0 Å². The number of aromatic nitrogens is 4. The molecule has 10 heteroatoms. The lowest BCUT2D eigenvalue weighted by Crippen LogP contribution is -2.09. The average Bonchev–Trinajstić information content (AvgIpc) is 3.02. The summed E-state index contributed by atoms with van der Waals surface area (Å²) in [6, 6.07) is 3.97. The summed E-state index contributed by atoms with van der Waals surface area (Å²) >= 11 is 1.38. The van der Waals surface area contributed by atoms with Gasteiger partial charge in [0.2, 0.25) is 0 Å². The van der Waals surface area contributed by atoms with Gasteiger partial charge < -0.3 is 4.84 Å². The van der Waals surface area contributed by atoms with E-state index in [2.05, 4.69) is 25.1 Å². The van der Waals surface area contributed by atoms with Crippen LogP contribution in [-0.2, 0) is 6.18 Å². The Morgan fingerprint density at radius 2 is 2.00 bits per heavy atom. The van der Waals surface area contributed by atoms with Crippen LogP contribution in [0.15, 0.2) is 41.9 Å². The molecule has 3 rings (SSSR count). The van der Waals surface area contributed by atoms with Crippen molar-refractivity contribution in [3.8, 4) is 16.6 Å². The molecule has 0 N–H and O–H groups in total. The van der Waals surface area contributed by atoms with E-state index in [1.807, 2.05) is 13.0 Å². The highest BCUT2D eigenvalue weighted by molar-refractivity contribution is 7.17. The molecule has 0 fully saturated rings. The second kappa shape index (κ2) is 7.16. The predicted octanol–water partition coefficient (Wildman–Crippen LogP) is 4.13. The Bertz CT molecular complexity index is 941. The molecule has 0 saturated heterocycles. The van der Waals surface area contributed by atoms with E-state index >= 15 is 0 Å². The third-order valence-electron chi connectivity index (χ3n) is 3.22. The van der Waals surface area contributed by atoms with Gasteiger partial charge in [0.15, 0.2) is 5.69 Å². The fraction of sp³-hybridized carbons (Fsp3) is 0.188. The third-order valence-corrected chi connectivity index (χ3v) is 4.54. The smallest absolute Gasteiger partial charge is 0.315 e. The normalized spacial score (nSPS) is 12.3. The summed E-state index contributed by atoms with van der Waals surface area (Å²) in [6.07, 6.45) is -0.247. The Kier molecular flexibility index (Phi) is 4.94. The predicted molar refractivity (Wildman–Crippen MR) is 90.0 cm³/mol. The number of aryl methyl sites for hydroxylation is 1. The highest BCUT2D eigenvalue weighted by atomic mass is 32.1. The van der Waals surface area contributed by atoms with Gasteiger partial charge in [0.1, 0.15) is 5.01 Å². The van der Waals surface area contributed by atoms with Gasteiger partial charge in [-0.25, -0.2) is 9.97 Å². The van der Waals surface area contributed by atoms with Crippen LogP contribution in [-0.4, -0.2) is 25.6 Å². The van der Waals surface area contributed by atoms with Gasteiger partial charge in [-0.05, 0) is 32.0 Å². The molecule has 0 amide bonds. The van der Waals surface area contributed by atoms with Crippen LogP contribution in [0.5, 0.6) is 6.01 Å². The molecular weight excluding hydrogens is 367 g/mol. The second-order valence-electron chi connectivity index (χ2n) is 5.17. The lowest BCUT2D eigenvalue weighted by molar-refractivity contribution is -0.141. The SMILES string of the molecule is C/C(=N\Oc1nccc(C(F)(F)F)n1)c1sc(-c2cccnc2)nc1C. The van der Waals surface area contributed by atoms with E-state index in [4.69, 9.17) is 4.84 Å². The minimum Gasteiger partial charge on any atom is -0.315 e. The Morgan fingerprint density at radius 3 is 2.69 bits per heavy atom. The zero-order chi connectivity index (χ0) is 18.7. The molecule has 26 heavy (non-hydrogen) atoms. The molecule has 0 aliphatic carbocycles. The summed E-state index contributed by atoms with van der Waals surface area (Å²) in [7, 11) is 0. The van der Waals surface area contributed by atoms with Crippen LogP contribution in [0.25, 0.3) is 10.6 Å². The van der Waals surface area contributed by atoms with E-state index in [1.165, 1.54) is 11.3 Å².